The number of carbonyl (C=O) groups is 2. The third-order valence-electron chi connectivity index (χ3n) is 6.73. The molecule has 0 radical (unpaired) electrons. The van der Waals surface area contributed by atoms with E-state index in [4.69, 9.17) is 10.00 Å². The number of nitrogens with one attached hydrogen (secondary N) is 2. The Kier molecular flexibility index (Phi) is 7.67. The first kappa shape index (κ1) is 25.7. The Morgan fingerprint density at radius 3 is 1.95 bits per heavy atom. The number of hydrogen-bond donors (Lipinski definition) is 2. The van der Waals surface area contributed by atoms with E-state index in [1.165, 1.54) is 0 Å². The number of amides is 2. The molecule has 0 bridgehead atoms. The Morgan fingerprint density at radius 1 is 0.769 bits per heavy atom. The lowest BCUT2D eigenvalue weighted by atomic mass is 9.97. The molecule has 0 spiro atoms. The molecular weight excluding hydrogens is 488 g/mol. The van der Waals surface area contributed by atoms with Crippen molar-refractivity contribution in [2.75, 3.05) is 41.8 Å². The van der Waals surface area contributed by atoms with E-state index in [0.717, 1.165) is 54.4 Å². The molecule has 0 unspecified atom stereocenters. The number of benzene rings is 4. The summed E-state index contributed by atoms with van der Waals surface area (Å²) in [6, 6.07) is 29.5. The summed E-state index contributed by atoms with van der Waals surface area (Å²) in [7, 11) is 0. The Labute approximate surface area is 227 Å². The highest BCUT2D eigenvalue weighted by Crippen LogP contribution is 2.26. The summed E-state index contributed by atoms with van der Waals surface area (Å²) in [5.74, 6) is -0.426. The van der Waals surface area contributed by atoms with Crippen molar-refractivity contribution in [3.8, 4) is 17.2 Å². The van der Waals surface area contributed by atoms with Crippen LogP contribution in [0.2, 0.25) is 0 Å². The van der Waals surface area contributed by atoms with E-state index in [0.29, 0.717) is 22.4 Å². The average molecular weight is 517 g/mol. The minimum Gasteiger partial charge on any atom is -0.378 e. The Balaban J connectivity index is 1.26. The van der Waals surface area contributed by atoms with E-state index < -0.39 is 0 Å². The van der Waals surface area contributed by atoms with Crippen LogP contribution in [0.15, 0.2) is 91.0 Å². The zero-order valence-electron chi connectivity index (χ0n) is 21.6. The fourth-order valence-corrected chi connectivity index (χ4v) is 4.49. The lowest BCUT2D eigenvalue weighted by molar-refractivity contribution is 0.101. The summed E-state index contributed by atoms with van der Waals surface area (Å²) >= 11 is 0. The number of aryl methyl sites for hydroxylation is 1. The van der Waals surface area contributed by atoms with Crippen molar-refractivity contribution < 1.29 is 14.3 Å². The number of anilines is 3. The van der Waals surface area contributed by atoms with Gasteiger partial charge in [-0.3, -0.25) is 9.59 Å². The molecule has 7 nitrogen and oxygen atoms in total. The van der Waals surface area contributed by atoms with Crippen LogP contribution >= 0.6 is 0 Å². The van der Waals surface area contributed by atoms with Crippen LogP contribution in [0.25, 0.3) is 11.1 Å². The smallest absolute Gasteiger partial charge is 0.255 e. The van der Waals surface area contributed by atoms with Gasteiger partial charge in [0.25, 0.3) is 11.8 Å². The number of hydrogen-bond acceptors (Lipinski definition) is 5. The van der Waals surface area contributed by atoms with Crippen molar-refractivity contribution in [3.63, 3.8) is 0 Å². The van der Waals surface area contributed by atoms with Crippen LogP contribution in [0.1, 0.15) is 31.8 Å². The van der Waals surface area contributed by atoms with Crippen molar-refractivity contribution in [1.82, 2.24) is 0 Å². The summed E-state index contributed by atoms with van der Waals surface area (Å²) < 4.78 is 5.42. The van der Waals surface area contributed by atoms with Crippen molar-refractivity contribution in [1.29, 1.82) is 5.26 Å². The highest BCUT2D eigenvalue weighted by Gasteiger charge is 2.14. The number of morpholine rings is 1. The second kappa shape index (κ2) is 11.6. The number of nitriles is 1. The normalized spacial score (nSPS) is 12.9. The summed E-state index contributed by atoms with van der Waals surface area (Å²) in [5, 5.41) is 14.8. The second-order valence-electron chi connectivity index (χ2n) is 9.35. The van der Waals surface area contributed by atoms with E-state index in [-0.39, 0.29) is 11.8 Å². The third-order valence-corrected chi connectivity index (χ3v) is 6.73. The number of nitrogens with zero attached hydrogens (tertiary/aromatic N) is 2. The molecule has 0 aromatic heterocycles. The van der Waals surface area contributed by atoms with E-state index in [2.05, 4.69) is 21.6 Å². The predicted molar refractivity (Wildman–Crippen MR) is 153 cm³/mol. The Bertz CT molecular complexity index is 1520. The van der Waals surface area contributed by atoms with Crippen molar-refractivity contribution >= 4 is 28.9 Å². The summed E-state index contributed by atoms with van der Waals surface area (Å²) in [6.45, 7) is 5.17. The maximum Gasteiger partial charge on any atom is 0.255 e. The van der Waals surface area contributed by atoms with E-state index in [1.54, 1.807) is 36.4 Å². The average Bonchev–Trinajstić information content (AvgIpc) is 2.98. The molecule has 2 amide bonds. The van der Waals surface area contributed by atoms with Crippen molar-refractivity contribution in [3.05, 3.63) is 113 Å². The molecule has 4 aromatic rings. The van der Waals surface area contributed by atoms with E-state index in [1.807, 2.05) is 61.5 Å². The second-order valence-corrected chi connectivity index (χ2v) is 9.35. The van der Waals surface area contributed by atoms with Gasteiger partial charge in [0.1, 0.15) is 0 Å². The van der Waals surface area contributed by atoms with Gasteiger partial charge in [0.2, 0.25) is 0 Å². The molecule has 1 aliphatic heterocycles. The molecule has 7 heteroatoms. The fraction of sp³-hybridized carbons (Fsp3) is 0.156. The van der Waals surface area contributed by atoms with Gasteiger partial charge >= 0.3 is 0 Å². The summed E-state index contributed by atoms with van der Waals surface area (Å²) in [4.78, 5) is 28.0. The lowest BCUT2D eigenvalue weighted by Gasteiger charge is -2.28. The van der Waals surface area contributed by atoms with Gasteiger partial charge in [0.15, 0.2) is 0 Å². The van der Waals surface area contributed by atoms with Crippen LogP contribution in [-0.2, 0) is 4.74 Å². The molecule has 1 heterocycles. The molecule has 0 atom stereocenters. The molecular formula is C32H28N4O3. The molecule has 2 N–H and O–H groups in total. The third kappa shape index (κ3) is 6.15. The largest absolute Gasteiger partial charge is 0.378 e. The highest BCUT2D eigenvalue weighted by atomic mass is 16.5. The van der Waals surface area contributed by atoms with Crippen LogP contribution in [0.4, 0.5) is 17.1 Å². The highest BCUT2D eigenvalue weighted by molar-refractivity contribution is 6.06. The van der Waals surface area contributed by atoms with Gasteiger partial charge in [-0.1, -0.05) is 18.2 Å². The molecule has 4 aromatic carbocycles. The Morgan fingerprint density at radius 2 is 1.33 bits per heavy atom. The SMILES string of the molecule is Cc1ccc(C(=O)Nc2ccc(N3CCOCC3)cc2)cc1-c1ccc(C(=O)Nc2ccc(C#N)cc2)cc1. The first-order valence-corrected chi connectivity index (χ1v) is 12.8. The van der Waals surface area contributed by atoms with Gasteiger partial charge in [-0.2, -0.15) is 5.26 Å². The first-order chi connectivity index (χ1) is 19.0. The Hall–Kier alpha value is -4.93. The minimum atomic E-state index is -0.240. The van der Waals surface area contributed by atoms with E-state index >= 15 is 0 Å². The van der Waals surface area contributed by atoms with Crippen LogP contribution in [-0.4, -0.2) is 38.1 Å². The van der Waals surface area contributed by atoms with Crippen LogP contribution in [0.5, 0.6) is 0 Å². The molecule has 1 saturated heterocycles. The predicted octanol–water partition coefficient (Wildman–Crippen LogP) is 5.87. The molecule has 1 fully saturated rings. The van der Waals surface area contributed by atoms with Gasteiger partial charge in [0, 0.05) is 41.3 Å². The number of ether oxygens (including phenoxy) is 1. The van der Waals surface area contributed by atoms with Gasteiger partial charge in [-0.05, 0) is 96.4 Å². The van der Waals surface area contributed by atoms with Gasteiger partial charge in [-0.15, -0.1) is 0 Å². The fourth-order valence-electron chi connectivity index (χ4n) is 4.49. The van der Waals surface area contributed by atoms with Gasteiger partial charge in [0.05, 0.1) is 24.8 Å². The molecule has 39 heavy (non-hydrogen) atoms. The number of rotatable bonds is 6. The van der Waals surface area contributed by atoms with Crippen molar-refractivity contribution in [2.45, 2.75) is 6.92 Å². The van der Waals surface area contributed by atoms with Crippen LogP contribution in [0.3, 0.4) is 0 Å². The zero-order chi connectivity index (χ0) is 27.2. The zero-order valence-corrected chi connectivity index (χ0v) is 21.6. The standard InChI is InChI=1S/C32H28N4O3/c1-22-2-5-26(32(38)35-28-12-14-29(15-13-28)36-16-18-39-19-17-36)20-30(22)24-6-8-25(9-7-24)31(37)34-27-10-3-23(21-33)4-11-27/h2-15,20H,16-19H2,1H3,(H,34,37)(H,35,38). The first-order valence-electron chi connectivity index (χ1n) is 12.8. The quantitative estimate of drug-likeness (QED) is 0.334. The summed E-state index contributed by atoms with van der Waals surface area (Å²) in [5.41, 5.74) is 6.91. The molecule has 5 rings (SSSR count). The van der Waals surface area contributed by atoms with Gasteiger partial charge in [-0.25, -0.2) is 0 Å². The molecule has 194 valence electrons. The number of carbonyl (C=O) groups excluding carboxylic acids is 2. The van der Waals surface area contributed by atoms with Crippen LogP contribution in [0, 0.1) is 18.3 Å². The topological polar surface area (TPSA) is 94.5 Å². The maximum absolute atomic E-state index is 13.0. The minimum absolute atomic E-state index is 0.186. The van der Waals surface area contributed by atoms with Crippen LogP contribution < -0.4 is 15.5 Å². The maximum atomic E-state index is 13.0. The van der Waals surface area contributed by atoms with Gasteiger partial charge < -0.3 is 20.3 Å². The molecule has 1 aliphatic rings. The van der Waals surface area contributed by atoms with E-state index in [9.17, 15) is 9.59 Å². The molecule has 0 aliphatic carbocycles. The molecule has 0 saturated carbocycles. The monoisotopic (exact) mass is 516 g/mol. The summed E-state index contributed by atoms with van der Waals surface area (Å²) in [6.07, 6.45) is 0. The lowest BCUT2D eigenvalue weighted by Crippen LogP contribution is -2.36. The van der Waals surface area contributed by atoms with Crippen molar-refractivity contribution in [2.24, 2.45) is 0 Å².